The van der Waals surface area contributed by atoms with Gasteiger partial charge in [0.2, 0.25) is 0 Å². The Morgan fingerprint density at radius 1 is 1.23 bits per heavy atom. The van der Waals surface area contributed by atoms with Crippen molar-refractivity contribution < 1.29 is 4.74 Å². The number of methoxy groups -OCH3 is 1. The Bertz CT molecular complexity index is 559. The molecule has 1 fully saturated rings. The third-order valence-electron chi connectivity index (χ3n) is 5.13. The van der Waals surface area contributed by atoms with Crippen molar-refractivity contribution in [1.29, 1.82) is 0 Å². The molecule has 3 rings (SSSR count). The summed E-state index contributed by atoms with van der Waals surface area (Å²) in [6, 6.07) is 2.77. The number of aromatic nitrogens is 1. The quantitative estimate of drug-likeness (QED) is 0.877. The lowest BCUT2D eigenvalue weighted by Crippen LogP contribution is -2.34. The molecule has 0 amide bonds. The number of nitrogens with one attached hydrogen (secondary N) is 1. The lowest BCUT2D eigenvalue weighted by molar-refractivity contribution is 0.184. The molecule has 0 aliphatic heterocycles. The van der Waals surface area contributed by atoms with Gasteiger partial charge in [-0.1, -0.05) is 12.8 Å². The van der Waals surface area contributed by atoms with E-state index in [-0.39, 0.29) is 5.56 Å². The van der Waals surface area contributed by atoms with Crippen LogP contribution in [0.15, 0.2) is 10.9 Å². The van der Waals surface area contributed by atoms with Crippen LogP contribution in [0, 0.1) is 0 Å². The number of fused-ring (bicyclic) bond motifs is 1. The van der Waals surface area contributed by atoms with Gasteiger partial charge in [-0.25, -0.2) is 0 Å². The van der Waals surface area contributed by atoms with E-state index in [2.05, 4.69) is 11.4 Å². The second-order valence-corrected chi connectivity index (χ2v) is 6.66. The van der Waals surface area contributed by atoms with Crippen LogP contribution in [0.3, 0.4) is 0 Å². The topological polar surface area (TPSA) is 43.3 Å². The first-order valence-corrected chi connectivity index (χ1v) is 8.76. The van der Waals surface area contributed by atoms with Crippen molar-refractivity contribution in [1.82, 2.24) is 9.88 Å². The summed E-state index contributed by atoms with van der Waals surface area (Å²) in [6.07, 6.45) is 9.72. The lowest BCUT2D eigenvalue weighted by Gasteiger charge is -2.23. The van der Waals surface area contributed by atoms with Gasteiger partial charge in [-0.05, 0) is 50.2 Å². The highest BCUT2D eigenvalue weighted by atomic mass is 16.5. The van der Waals surface area contributed by atoms with Gasteiger partial charge in [0.05, 0.1) is 6.61 Å². The van der Waals surface area contributed by atoms with Crippen molar-refractivity contribution in [2.75, 3.05) is 13.7 Å². The molecule has 1 N–H and O–H groups in total. The van der Waals surface area contributed by atoms with E-state index in [0.29, 0.717) is 25.7 Å². The Labute approximate surface area is 132 Å². The van der Waals surface area contributed by atoms with Crippen LogP contribution < -0.4 is 10.9 Å². The molecule has 1 saturated carbocycles. The molecule has 4 heteroatoms. The minimum absolute atomic E-state index is 0.184. The maximum Gasteiger partial charge on any atom is 0.255 e. The Hall–Kier alpha value is -1.13. The SMILES string of the molecule is COCCn1c2c(cc(CNC3CCCC3)c1=O)CCCC2. The Morgan fingerprint density at radius 2 is 2.00 bits per heavy atom. The number of ether oxygens (including phenoxy) is 1. The highest BCUT2D eigenvalue weighted by Crippen LogP contribution is 2.22. The third-order valence-corrected chi connectivity index (χ3v) is 5.13. The number of hydrogen-bond acceptors (Lipinski definition) is 3. The molecule has 0 atom stereocenters. The maximum absolute atomic E-state index is 12.8. The summed E-state index contributed by atoms with van der Waals surface area (Å²) in [5, 5.41) is 3.58. The average Bonchev–Trinajstić information content (AvgIpc) is 3.06. The molecule has 0 unspecified atom stereocenters. The first-order chi connectivity index (χ1) is 10.8. The van der Waals surface area contributed by atoms with Gasteiger partial charge in [0.15, 0.2) is 0 Å². The van der Waals surface area contributed by atoms with Gasteiger partial charge in [-0.3, -0.25) is 4.79 Å². The van der Waals surface area contributed by atoms with Crippen LogP contribution >= 0.6 is 0 Å². The van der Waals surface area contributed by atoms with E-state index >= 15 is 0 Å². The van der Waals surface area contributed by atoms with Crippen LogP contribution in [0.2, 0.25) is 0 Å². The molecule has 0 radical (unpaired) electrons. The van der Waals surface area contributed by atoms with E-state index in [9.17, 15) is 4.79 Å². The molecule has 4 nitrogen and oxygen atoms in total. The molecule has 1 aromatic rings. The molecule has 1 aromatic heterocycles. The monoisotopic (exact) mass is 304 g/mol. The summed E-state index contributed by atoms with van der Waals surface area (Å²) in [4.78, 5) is 12.8. The Kier molecular flexibility index (Phi) is 5.32. The lowest BCUT2D eigenvalue weighted by atomic mass is 9.94. The zero-order valence-electron chi connectivity index (χ0n) is 13.7. The molecule has 1 heterocycles. The molecule has 2 aliphatic rings. The van der Waals surface area contributed by atoms with E-state index in [1.54, 1.807) is 7.11 Å². The van der Waals surface area contributed by atoms with Crippen LogP contribution in [0.5, 0.6) is 0 Å². The Balaban J connectivity index is 1.83. The first kappa shape index (κ1) is 15.8. The van der Waals surface area contributed by atoms with Crippen molar-refractivity contribution in [2.45, 2.75) is 70.5 Å². The zero-order chi connectivity index (χ0) is 15.4. The van der Waals surface area contributed by atoms with Crippen LogP contribution in [0.4, 0.5) is 0 Å². The minimum Gasteiger partial charge on any atom is -0.383 e. The number of nitrogens with zero attached hydrogens (tertiary/aromatic N) is 1. The molecule has 122 valence electrons. The number of aryl methyl sites for hydroxylation is 1. The maximum atomic E-state index is 12.8. The van der Waals surface area contributed by atoms with E-state index < -0.39 is 0 Å². The highest BCUT2D eigenvalue weighted by Gasteiger charge is 2.19. The zero-order valence-corrected chi connectivity index (χ0v) is 13.7. The van der Waals surface area contributed by atoms with E-state index in [1.807, 2.05) is 4.57 Å². The van der Waals surface area contributed by atoms with Gasteiger partial charge in [0.1, 0.15) is 0 Å². The molecule has 0 spiro atoms. The van der Waals surface area contributed by atoms with Gasteiger partial charge >= 0.3 is 0 Å². The smallest absolute Gasteiger partial charge is 0.255 e. The molecule has 0 saturated heterocycles. The fourth-order valence-corrected chi connectivity index (χ4v) is 3.87. The number of pyridine rings is 1. The third kappa shape index (κ3) is 3.44. The summed E-state index contributed by atoms with van der Waals surface area (Å²) >= 11 is 0. The standard InChI is InChI=1S/C18H28N2O2/c1-22-11-10-20-17-9-5-2-6-14(17)12-15(18(20)21)13-19-16-7-3-4-8-16/h12,16,19H,2-11,13H2,1H3. The number of rotatable bonds is 6. The summed E-state index contributed by atoms with van der Waals surface area (Å²) in [6.45, 7) is 1.99. The molecule has 22 heavy (non-hydrogen) atoms. The van der Waals surface area contributed by atoms with Gasteiger partial charge in [0.25, 0.3) is 5.56 Å². The van der Waals surface area contributed by atoms with E-state index in [1.165, 1.54) is 49.8 Å². The molecule has 2 aliphatic carbocycles. The summed E-state index contributed by atoms with van der Waals surface area (Å²) < 4.78 is 7.17. The fraction of sp³-hybridized carbons (Fsp3) is 0.722. The van der Waals surface area contributed by atoms with Crippen LogP contribution in [0.25, 0.3) is 0 Å². The predicted molar refractivity (Wildman–Crippen MR) is 88.3 cm³/mol. The van der Waals surface area contributed by atoms with Crippen molar-refractivity contribution in [2.24, 2.45) is 0 Å². The van der Waals surface area contributed by atoms with E-state index in [0.717, 1.165) is 18.4 Å². The normalized spacial score (nSPS) is 18.6. The van der Waals surface area contributed by atoms with Gasteiger partial charge in [-0.15, -0.1) is 0 Å². The van der Waals surface area contributed by atoms with Gasteiger partial charge in [0, 0.05) is 37.5 Å². The summed E-state index contributed by atoms with van der Waals surface area (Å²) in [7, 11) is 1.70. The van der Waals surface area contributed by atoms with Crippen molar-refractivity contribution in [3.05, 3.63) is 33.2 Å². The first-order valence-electron chi connectivity index (χ1n) is 8.76. The summed E-state index contributed by atoms with van der Waals surface area (Å²) in [5.41, 5.74) is 3.75. The van der Waals surface area contributed by atoms with Gasteiger partial charge in [-0.2, -0.15) is 0 Å². The molecule has 0 bridgehead atoms. The number of hydrogen-bond donors (Lipinski definition) is 1. The van der Waals surface area contributed by atoms with Crippen molar-refractivity contribution >= 4 is 0 Å². The van der Waals surface area contributed by atoms with Crippen molar-refractivity contribution in [3.63, 3.8) is 0 Å². The summed E-state index contributed by atoms with van der Waals surface area (Å²) in [5.74, 6) is 0. The van der Waals surface area contributed by atoms with E-state index in [4.69, 9.17) is 4.74 Å². The largest absolute Gasteiger partial charge is 0.383 e. The molecule has 0 aromatic carbocycles. The van der Waals surface area contributed by atoms with Crippen LogP contribution in [0.1, 0.15) is 55.3 Å². The minimum atomic E-state index is 0.184. The Morgan fingerprint density at radius 3 is 2.77 bits per heavy atom. The molecular weight excluding hydrogens is 276 g/mol. The van der Waals surface area contributed by atoms with Crippen LogP contribution in [-0.4, -0.2) is 24.3 Å². The molecular formula is C18H28N2O2. The predicted octanol–water partition coefficient (Wildman–Crippen LogP) is 2.41. The van der Waals surface area contributed by atoms with Crippen LogP contribution in [-0.2, 0) is 30.7 Å². The highest BCUT2D eigenvalue weighted by molar-refractivity contribution is 5.29. The average molecular weight is 304 g/mol. The van der Waals surface area contributed by atoms with Gasteiger partial charge < -0.3 is 14.6 Å². The second-order valence-electron chi connectivity index (χ2n) is 6.66. The van der Waals surface area contributed by atoms with Crippen molar-refractivity contribution in [3.8, 4) is 0 Å². The fourth-order valence-electron chi connectivity index (χ4n) is 3.87. The second kappa shape index (κ2) is 7.42.